The topological polar surface area (TPSA) is 92.8 Å². The minimum Gasteiger partial charge on any atom is -0.268 e. The smallest absolute Gasteiger partial charge is 0.268 e. The van der Waals surface area contributed by atoms with Gasteiger partial charge in [-0.15, -0.1) is 0 Å². The van der Waals surface area contributed by atoms with E-state index in [2.05, 4.69) is 4.99 Å². The SMILES string of the molecule is NS(=O)(=O)c1ccc(/N=C2\SC(=Cc3cccc4ccccc34)C(=O)N2c2ccccc2)cc1. The quantitative estimate of drug-likeness (QED) is 0.397. The van der Waals surface area contributed by atoms with E-state index in [0.29, 0.717) is 21.4 Å². The maximum atomic E-state index is 13.5. The zero-order valence-electron chi connectivity index (χ0n) is 17.8. The van der Waals surface area contributed by atoms with Crippen LogP contribution >= 0.6 is 11.8 Å². The standard InChI is InChI=1S/C26H19N3O3S2/c27-34(31,32)22-15-13-20(14-16-22)28-26-29(21-10-2-1-3-11-21)25(30)24(33-26)17-19-9-6-8-18-7-4-5-12-23(18)19/h1-17H,(H2,27,31,32)/b24-17?,28-26-. The molecule has 8 heteroatoms. The molecule has 2 N–H and O–H groups in total. The molecule has 4 aromatic carbocycles. The summed E-state index contributed by atoms with van der Waals surface area (Å²) in [6, 6.07) is 29.2. The van der Waals surface area contributed by atoms with Crippen LogP contribution < -0.4 is 10.0 Å². The highest BCUT2D eigenvalue weighted by molar-refractivity contribution is 8.19. The molecule has 6 nitrogen and oxygen atoms in total. The Morgan fingerprint density at radius 2 is 1.50 bits per heavy atom. The lowest BCUT2D eigenvalue weighted by molar-refractivity contribution is -0.113. The van der Waals surface area contributed by atoms with Gasteiger partial charge in [-0.05, 0) is 70.6 Å². The van der Waals surface area contributed by atoms with Crippen molar-refractivity contribution >= 4 is 61.1 Å². The zero-order valence-corrected chi connectivity index (χ0v) is 19.5. The molecule has 1 aliphatic rings. The maximum absolute atomic E-state index is 13.5. The molecule has 0 aromatic heterocycles. The molecule has 0 saturated carbocycles. The highest BCUT2D eigenvalue weighted by atomic mass is 32.2. The van der Waals surface area contributed by atoms with Crippen LogP contribution in [-0.4, -0.2) is 19.5 Å². The summed E-state index contributed by atoms with van der Waals surface area (Å²) >= 11 is 1.27. The molecule has 1 amide bonds. The monoisotopic (exact) mass is 485 g/mol. The molecular weight excluding hydrogens is 466 g/mol. The Labute approximate surface area is 201 Å². The van der Waals surface area contributed by atoms with Crippen LogP contribution in [0.5, 0.6) is 0 Å². The number of carbonyl (C=O) groups excluding carboxylic acids is 1. The lowest BCUT2D eigenvalue weighted by Gasteiger charge is -2.15. The third-order valence-electron chi connectivity index (χ3n) is 5.32. The number of amidine groups is 1. The normalized spacial score (nSPS) is 16.6. The third-order valence-corrected chi connectivity index (χ3v) is 7.22. The molecule has 0 bridgehead atoms. The number of primary sulfonamides is 1. The molecule has 1 saturated heterocycles. The van der Waals surface area contributed by atoms with Gasteiger partial charge in [0.25, 0.3) is 5.91 Å². The van der Waals surface area contributed by atoms with Crippen LogP contribution in [0, 0.1) is 0 Å². The molecule has 0 unspecified atom stereocenters. The van der Waals surface area contributed by atoms with Gasteiger partial charge in [0, 0.05) is 0 Å². The molecule has 5 rings (SSSR count). The Morgan fingerprint density at radius 3 is 2.24 bits per heavy atom. The molecule has 1 heterocycles. The number of thioether (sulfide) groups is 1. The number of benzene rings is 4. The minimum atomic E-state index is -3.80. The number of hydrogen-bond acceptors (Lipinski definition) is 5. The van der Waals surface area contributed by atoms with Crippen molar-refractivity contribution in [2.45, 2.75) is 4.90 Å². The summed E-state index contributed by atoms with van der Waals surface area (Å²) in [7, 11) is -3.80. The van der Waals surface area contributed by atoms with Gasteiger partial charge in [-0.1, -0.05) is 60.7 Å². The van der Waals surface area contributed by atoms with Crippen molar-refractivity contribution < 1.29 is 13.2 Å². The van der Waals surface area contributed by atoms with E-state index in [-0.39, 0.29) is 10.8 Å². The first-order chi connectivity index (χ1) is 16.4. The van der Waals surface area contributed by atoms with E-state index in [0.717, 1.165) is 16.3 Å². The van der Waals surface area contributed by atoms with E-state index in [1.165, 1.54) is 23.9 Å². The average Bonchev–Trinajstić information content (AvgIpc) is 3.14. The Kier molecular flexibility index (Phi) is 5.79. The molecular formula is C26H19N3O3S2. The van der Waals surface area contributed by atoms with E-state index in [4.69, 9.17) is 5.14 Å². The molecule has 0 atom stereocenters. The van der Waals surface area contributed by atoms with Crippen LogP contribution in [0.25, 0.3) is 16.8 Å². The number of amides is 1. The van der Waals surface area contributed by atoms with Crippen molar-refractivity contribution in [2.75, 3.05) is 4.90 Å². The van der Waals surface area contributed by atoms with E-state index in [1.54, 1.807) is 17.0 Å². The number of anilines is 1. The van der Waals surface area contributed by atoms with Crippen molar-refractivity contribution in [1.29, 1.82) is 0 Å². The summed E-state index contributed by atoms with van der Waals surface area (Å²) in [6.45, 7) is 0. The van der Waals surface area contributed by atoms with Crippen molar-refractivity contribution in [3.8, 4) is 0 Å². The highest BCUT2D eigenvalue weighted by Gasteiger charge is 2.34. The first kappa shape index (κ1) is 22.1. The number of sulfonamides is 1. The number of carbonyl (C=O) groups is 1. The maximum Gasteiger partial charge on any atom is 0.271 e. The largest absolute Gasteiger partial charge is 0.271 e. The fraction of sp³-hybridized carbons (Fsp3) is 0. The van der Waals surface area contributed by atoms with E-state index in [1.807, 2.05) is 78.9 Å². The van der Waals surface area contributed by atoms with Crippen LogP contribution in [0.4, 0.5) is 11.4 Å². The van der Waals surface area contributed by atoms with Gasteiger partial charge < -0.3 is 0 Å². The van der Waals surface area contributed by atoms with Gasteiger partial charge in [0.2, 0.25) is 10.0 Å². The summed E-state index contributed by atoms with van der Waals surface area (Å²) in [5, 5.41) is 7.82. The van der Waals surface area contributed by atoms with Gasteiger partial charge in [0.05, 0.1) is 21.2 Å². The van der Waals surface area contributed by atoms with Gasteiger partial charge in [0.15, 0.2) is 5.17 Å². The third kappa shape index (κ3) is 4.38. The summed E-state index contributed by atoms with van der Waals surface area (Å²) in [4.78, 5) is 20.3. The second kappa shape index (κ2) is 8.90. The Bertz CT molecular complexity index is 1560. The zero-order chi connectivity index (χ0) is 23.7. The van der Waals surface area contributed by atoms with Crippen LogP contribution in [0.2, 0.25) is 0 Å². The molecule has 1 fully saturated rings. The van der Waals surface area contributed by atoms with Crippen molar-refractivity contribution in [1.82, 2.24) is 0 Å². The average molecular weight is 486 g/mol. The minimum absolute atomic E-state index is 0.00283. The fourth-order valence-corrected chi connectivity index (χ4v) is 5.20. The molecule has 0 radical (unpaired) electrons. The lowest BCUT2D eigenvalue weighted by Crippen LogP contribution is -2.28. The van der Waals surface area contributed by atoms with Crippen LogP contribution in [0.1, 0.15) is 5.56 Å². The fourth-order valence-electron chi connectivity index (χ4n) is 3.69. The van der Waals surface area contributed by atoms with Gasteiger partial charge >= 0.3 is 0 Å². The van der Waals surface area contributed by atoms with Gasteiger partial charge in [-0.3, -0.25) is 9.69 Å². The molecule has 4 aromatic rings. The molecule has 1 aliphatic heterocycles. The summed E-state index contributed by atoms with van der Waals surface area (Å²) in [5.41, 5.74) is 2.15. The first-order valence-electron chi connectivity index (χ1n) is 10.4. The number of para-hydroxylation sites is 1. The Hall–Kier alpha value is -3.72. The first-order valence-corrected chi connectivity index (χ1v) is 12.7. The number of nitrogens with zero attached hydrogens (tertiary/aromatic N) is 2. The summed E-state index contributed by atoms with van der Waals surface area (Å²) in [5.74, 6) is -0.177. The van der Waals surface area contributed by atoms with Gasteiger partial charge in [-0.2, -0.15) is 0 Å². The van der Waals surface area contributed by atoms with E-state index < -0.39 is 10.0 Å². The van der Waals surface area contributed by atoms with E-state index in [9.17, 15) is 13.2 Å². The van der Waals surface area contributed by atoms with Gasteiger partial charge in [0.1, 0.15) is 0 Å². The van der Waals surface area contributed by atoms with Crippen molar-refractivity contribution in [2.24, 2.45) is 10.1 Å². The number of nitrogens with two attached hydrogens (primary N) is 1. The second-order valence-electron chi connectivity index (χ2n) is 7.59. The predicted molar refractivity (Wildman–Crippen MR) is 138 cm³/mol. The number of aliphatic imine (C=N–C) groups is 1. The van der Waals surface area contributed by atoms with Crippen molar-refractivity contribution in [3.05, 3.63) is 108 Å². The van der Waals surface area contributed by atoms with Crippen LogP contribution in [-0.2, 0) is 14.8 Å². The number of rotatable bonds is 4. The molecule has 0 aliphatic carbocycles. The van der Waals surface area contributed by atoms with Gasteiger partial charge in [-0.25, -0.2) is 18.5 Å². The lowest BCUT2D eigenvalue weighted by atomic mass is 10.0. The molecule has 0 spiro atoms. The van der Waals surface area contributed by atoms with Crippen molar-refractivity contribution in [3.63, 3.8) is 0 Å². The second-order valence-corrected chi connectivity index (χ2v) is 10.2. The number of hydrogen-bond donors (Lipinski definition) is 1. The number of fused-ring (bicyclic) bond motifs is 1. The molecule has 34 heavy (non-hydrogen) atoms. The van der Waals surface area contributed by atoms with Crippen LogP contribution in [0.15, 0.2) is 112 Å². The predicted octanol–water partition coefficient (Wildman–Crippen LogP) is 5.30. The Morgan fingerprint density at radius 1 is 0.824 bits per heavy atom. The summed E-state index contributed by atoms with van der Waals surface area (Å²) < 4.78 is 23.1. The summed E-state index contributed by atoms with van der Waals surface area (Å²) in [6.07, 6.45) is 1.89. The Balaban J connectivity index is 1.58. The van der Waals surface area contributed by atoms with Crippen LogP contribution in [0.3, 0.4) is 0 Å². The van der Waals surface area contributed by atoms with E-state index >= 15 is 0 Å². The molecule has 168 valence electrons. The highest BCUT2D eigenvalue weighted by Crippen LogP contribution is 2.38.